The Bertz CT molecular complexity index is 119. The second kappa shape index (κ2) is 7.81. The van der Waals surface area contributed by atoms with Gasteiger partial charge in [-0.05, 0) is 0 Å². The SMILES string of the molecule is ClC(Cl)C(Cl)(Cl)Cl.ClCC(Cl)(Cl)Cl. The van der Waals surface area contributed by atoms with Crippen molar-refractivity contribution in [1.82, 2.24) is 0 Å². The number of hydrogen-bond acceptors (Lipinski definition) is 0. The highest BCUT2D eigenvalue weighted by Gasteiger charge is 2.28. The van der Waals surface area contributed by atoms with E-state index >= 15 is 0 Å². The van der Waals surface area contributed by atoms with Crippen LogP contribution in [0, 0.1) is 0 Å². The van der Waals surface area contributed by atoms with Gasteiger partial charge in [0.1, 0.15) is 0 Å². The van der Waals surface area contributed by atoms with Crippen LogP contribution < -0.4 is 0 Å². The maximum atomic E-state index is 5.14. The van der Waals surface area contributed by atoms with Crippen LogP contribution in [-0.4, -0.2) is 18.3 Å². The molecule has 0 aliphatic rings. The van der Waals surface area contributed by atoms with Gasteiger partial charge in [-0.2, -0.15) is 0 Å². The van der Waals surface area contributed by atoms with Crippen molar-refractivity contribution >= 4 is 104 Å². The van der Waals surface area contributed by atoms with Gasteiger partial charge in [0, 0.05) is 0 Å². The van der Waals surface area contributed by atoms with Gasteiger partial charge in [0.2, 0.25) is 7.59 Å². The molecule has 0 aromatic rings. The summed E-state index contributed by atoms with van der Waals surface area (Å²) < 4.78 is -2.83. The molecule has 0 nitrogen and oxygen atoms in total. The lowest BCUT2D eigenvalue weighted by molar-refractivity contribution is 1.19. The minimum absolute atomic E-state index is 0.0394. The molecule has 0 atom stereocenters. The van der Waals surface area contributed by atoms with Gasteiger partial charge >= 0.3 is 0 Å². The van der Waals surface area contributed by atoms with E-state index in [1.54, 1.807) is 0 Å². The fourth-order valence-corrected chi connectivity index (χ4v) is 0. The van der Waals surface area contributed by atoms with Gasteiger partial charge < -0.3 is 0 Å². The zero-order chi connectivity index (χ0) is 11.3. The minimum atomic E-state index is -1.55. The second-order valence-corrected chi connectivity index (χ2v) is 7.84. The van der Waals surface area contributed by atoms with Crippen LogP contribution in [-0.2, 0) is 0 Å². The predicted octanol–water partition coefficient (Wildman–Crippen LogP) is 5.76. The Labute approximate surface area is 122 Å². The van der Waals surface area contributed by atoms with Crippen molar-refractivity contribution in [3.8, 4) is 0 Å². The largest absolute Gasteiger partial charge is 0.220 e. The summed E-state index contributed by atoms with van der Waals surface area (Å²) in [5.74, 6) is 0.0394. The Balaban J connectivity index is 0. The number of rotatable bonds is 0. The molecule has 0 aliphatic heterocycles. The first kappa shape index (κ1) is 18.0. The molecule has 82 valence electrons. The molecule has 0 fully saturated rings. The van der Waals surface area contributed by atoms with Crippen molar-refractivity contribution in [1.29, 1.82) is 0 Å². The molecule has 0 bridgehead atoms. The van der Waals surface area contributed by atoms with Crippen molar-refractivity contribution in [2.75, 3.05) is 5.88 Å². The van der Waals surface area contributed by atoms with Gasteiger partial charge in [-0.25, -0.2) is 0 Å². The molecular weight excluding hydrogens is 367 g/mol. The number of alkyl halides is 9. The van der Waals surface area contributed by atoms with Gasteiger partial charge in [0.25, 0.3) is 0 Å². The summed E-state index contributed by atoms with van der Waals surface area (Å²) in [6.45, 7) is 0. The fraction of sp³-hybridized carbons (Fsp3) is 1.00. The van der Waals surface area contributed by atoms with Crippen LogP contribution in [0.2, 0.25) is 0 Å². The fourth-order valence-electron chi connectivity index (χ4n) is 0. The lowest BCUT2D eigenvalue weighted by Gasteiger charge is -2.09. The average molecular weight is 370 g/mol. The molecular formula is C4H3Cl9. The molecule has 0 saturated heterocycles. The van der Waals surface area contributed by atoms with Crippen LogP contribution >= 0.6 is 104 Å². The van der Waals surface area contributed by atoms with Crippen LogP contribution in [0.5, 0.6) is 0 Å². The first-order valence-electron chi connectivity index (χ1n) is 2.48. The standard InChI is InChI=1S/C2HCl5.C2H2Cl4/c3-1(4)2(5,6)7;3-1-2(4,5)6/h1H;1H2. The van der Waals surface area contributed by atoms with Crippen LogP contribution in [0.15, 0.2) is 0 Å². The zero-order valence-electron chi connectivity index (χ0n) is 5.69. The van der Waals surface area contributed by atoms with Crippen molar-refractivity contribution in [2.45, 2.75) is 12.4 Å². The van der Waals surface area contributed by atoms with E-state index in [9.17, 15) is 0 Å². The van der Waals surface area contributed by atoms with Gasteiger partial charge in [0.15, 0.2) is 4.84 Å². The smallest absolute Gasteiger partial charge is 0.122 e. The van der Waals surface area contributed by atoms with Crippen molar-refractivity contribution in [2.24, 2.45) is 0 Å². The van der Waals surface area contributed by atoms with E-state index in [1.165, 1.54) is 0 Å². The predicted molar refractivity (Wildman–Crippen MR) is 66.8 cm³/mol. The highest BCUT2D eigenvalue weighted by atomic mass is 35.6. The summed E-state index contributed by atoms with van der Waals surface area (Å²) >= 11 is 46.1. The Morgan fingerprint density at radius 2 is 1.00 bits per heavy atom. The highest BCUT2D eigenvalue weighted by molar-refractivity contribution is 6.74. The van der Waals surface area contributed by atoms with Crippen molar-refractivity contribution in [3.63, 3.8) is 0 Å². The Kier molecular flexibility index (Phi) is 10.8. The molecule has 0 aromatic heterocycles. The summed E-state index contributed by atoms with van der Waals surface area (Å²) in [4.78, 5) is -0.961. The van der Waals surface area contributed by atoms with E-state index in [-0.39, 0.29) is 5.88 Å². The van der Waals surface area contributed by atoms with Crippen LogP contribution in [0.4, 0.5) is 0 Å². The van der Waals surface area contributed by atoms with Gasteiger partial charge in [0.05, 0.1) is 5.88 Å². The molecule has 0 aromatic carbocycles. The molecule has 13 heavy (non-hydrogen) atoms. The maximum absolute atomic E-state index is 5.14. The van der Waals surface area contributed by atoms with E-state index in [2.05, 4.69) is 0 Å². The lowest BCUT2D eigenvalue weighted by atomic mass is 10.9. The number of halogens is 9. The van der Waals surface area contributed by atoms with Crippen molar-refractivity contribution in [3.05, 3.63) is 0 Å². The zero-order valence-corrected chi connectivity index (χ0v) is 12.5. The number of hydrogen-bond donors (Lipinski definition) is 0. The lowest BCUT2D eigenvalue weighted by Crippen LogP contribution is -2.11. The molecule has 0 heterocycles. The summed E-state index contributed by atoms with van der Waals surface area (Å²) in [5.41, 5.74) is 0. The highest BCUT2D eigenvalue weighted by Crippen LogP contribution is 2.35. The van der Waals surface area contributed by atoms with Crippen LogP contribution in [0.3, 0.4) is 0 Å². The first-order chi connectivity index (χ1) is 5.50. The molecule has 0 rings (SSSR count). The molecule has 0 amide bonds. The monoisotopic (exact) mass is 366 g/mol. The average Bonchev–Trinajstić information content (AvgIpc) is 1.85. The first-order valence-corrected chi connectivity index (χ1v) is 6.15. The van der Waals surface area contributed by atoms with Crippen molar-refractivity contribution < 1.29 is 0 Å². The normalized spacial score (nSPS) is 12.5. The summed E-state index contributed by atoms with van der Waals surface area (Å²) in [7, 11) is 0. The van der Waals surface area contributed by atoms with E-state index in [1.807, 2.05) is 0 Å². The molecule has 0 unspecified atom stereocenters. The topological polar surface area (TPSA) is 0 Å². The molecule has 0 N–H and O–H groups in total. The van der Waals surface area contributed by atoms with Gasteiger partial charge in [-0.3, -0.25) is 0 Å². The van der Waals surface area contributed by atoms with Gasteiger partial charge in [-0.15, -0.1) is 34.8 Å². The third kappa shape index (κ3) is 17.2. The van der Waals surface area contributed by atoms with Crippen LogP contribution in [0.25, 0.3) is 0 Å². The van der Waals surface area contributed by atoms with Crippen LogP contribution in [0.1, 0.15) is 0 Å². The minimum Gasteiger partial charge on any atom is -0.122 e. The Morgan fingerprint density at radius 1 is 0.846 bits per heavy atom. The third-order valence-corrected chi connectivity index (χ3v) is 3.59. The summed E-state index contributed by atoms with van der Waals surface area (Å²) in [5, 5.41) is 0. The molecule has 0 radical (unpaired) electrons. The Hall–Kier alpha value is 2.61. The Morgan fingerprint density at radius 3 is 1.00 bits per heavy atom. The molecule has 0 saturated carbocycles. The third-order valence-electron chi connectivity index (χ3n) is 0.399. The van der Waals surface area contributed by atoms with E-state index < -0.39 is 12.4 Å². The second-order valence-electron chi connectivity index (χ2n) is 1.59. The molecule has 0 spiro atoms. The molecule has 0 aliphatic carbocycles. The maximum Gasteiger partial charge on any atom is 0.220 e. The summed E-state index contributed by atoms with van der Waals surface area (Å²) in [6.07, 6.45) is 0. The molecule has 9 heteroatoms. The van der Waals surface area contributed by atoms with E-state index in [0.29, 0.717) is 0 Å². The van der Waals surface area contributed by atoms with Gasteiger partial charge in [-0.1, -0.05) is 69.6 Å². The van der Waals surface area contributed by atoms with E-state index in [0.717, 1.165) is 0 Å². The quantitative estimate of drug-likeness (QED) is 0.476. The summed E-state index contributed by atoms with van der Waals surface area (Å²) in [6, 6.07) is 0. The van der Waals surface area contributed by atoms with E-state index in [4.69, 9.17) is 104 Å².